The Bertz CT molecular complexity index is 532. The molecule has 0 fully saturated rings. The van der Waals surface area contributed by atoms with Crippen LogP contribution in [0.1, 0.15) is 22.3 Å². The van der Waals surface area contributed by atoms with Gasteiger partial charge in [0.2, 0.25) is 0 Å². The molecule has 1 amide bonds. The van der Waals surface area contributed by atoms with Gasteiger partial charge >= 0.3 is 0 Å². The second kappa shape index (κ2) is 9.01. The third kappa shape index (κ3) is 5.10. The van der Waals surface area contributed by atoms with E-state index in [9.17, 15) is 4.79 Å². The van der Waals surface area contributed by atoms with Crippen molar-refractivity contribution in [2.75, 3.05) is 41.0 Å². The lowest BCUT2D eigenvalue weighted by Gasteiger charge is -2.17. The van der Waals surface area contributed by atoms with Gasteiger partial charge < -0.3 is 20.1 Å². The molecule has 0 aliphatic carbocycles. The molecule has 2 N–H and O–H groups in total. The molecule has 1 aromatic carbocycles. The molecule has 0 bridgehead atoms. The molecule has 0 heterocycles. The molecule has 21 heavy (non-hydrogen) atoms. The van der Waals surface area contributed by atoms with Crippen molar-refractivity contribution in [1.82, 2.24) is 4.90 Å². The summed E-state index contributed by atoms with van der Waals surface area (Å²) in [4.78, 5) is 14.0. The molecule has 114 valence electrons. The van der Waals surface area contributed by atoms with E-state index in [0.717, 1.165) is 6.42 Å². The fourth-order valence-corrected chi connectivity index (χ4v) is 1.85. The fraction of sp³-hybridized carbons (Fsp3) is 0.438. The SMILES string of the molecule is COCCCN(C)C(=O)c1ccc(OC)c(C#CCN)c1. The molecule has 0 aliphatic heterocycles. The summed E-state index contributed by atoms with van der Waals surface area (Å²) in [6.07, 6.45) is 0.800. The van der Waals surface area contributed by atoms with Gasteiger partial charge in [0.15, 0.2) is 0 Å². The average Bonchev–Trinajstić information content (AvgIpc) is 2.51. The van der Waals surface area contributed by atoms with E-state index >= 15 is 0 Å². The second-order valence-electron chi connectivity index (χ2n) is 4.49. The smallest absolute Gasteiger partial charge is 0.253 e. The third-order valence-corrected chi connectivity index (χ3v) is 2.96. The maximum absolute atomic E-state index is 12.3. The zero-order chi connectivity index (χ0) is 15.7. The predicted octanol–water partition coefficient (Wildman–Crippen LogP) is 1.11. The van der Waals surface area contributed by atoms with Crippen molar-refractivity contribution in [3.8, 4) is 17.6 Å². The molecule has 0 saturated heterocycles. The molecule has 0 atom stereocenters. The van der Waals surface area contributed by atoms with Gasteiger partial charge in [-0.3, -0.25) is 4.79 Å². The zero-order valence-electron chi connectivity index (χ0n) is 12.8. The maximum Gasteiger partial charge on any atom is 0.253 e. The Morgan fingerprint density at radius 2 is 2.14 bits per heavy atom. The van der Waals surface area contributed by atoms with Gasteiger partial charge in [-0.15, -0.1) is 0 Å². The highest BCUT2D eigenvalue weighted by molar-refractivity contribution is 5.94. The average molecular weight is 290 g/mol. The standard InChI is InChI=1S/C16H22N2O3/c1-18(10-5-11-20-2)16(19)14-7-8-15(21-3)13(12-14)6-4-9-17/h7-8,12H,5,9-11,17H2,1-3H3. The van der Waals surface area contributed by atoms with Crippen LogP contribution in [0.15, 0.2) is 18.2 Å². The predicted molar refractivity (Wildman–Crippen MR) is 82.4 cm³/mol. The van der Waals surface area contributed by atoms with Crippen LogP contribution in [0.2, 0.25) is 0 Å². The minimum atomic E-state index is -0.0513. The molecule has 0 saturated carbocycles. The van der Waals surface area contributed by atoms with Crippen LogP contribution in [0.5, 0.6) is 5.75 Å². The van der Waals surface area contributed by atoms with Crippen molar-refractivity contribution in [3.05, 3.63) is 29.3 Å². The van der Waals surface area contributed by atoms with Crippen LogP contribution in [-0.2, 0) is 4.74 Å². The van der Waals surface area contributed by atoms with E-state index < -0.39 is 0 Å². The topological polar surface area (TPSA) is 64.8 Å². The van der Waals surface area contributed by atoms with E-state index in [2.05, 4.69) is 11.8 Å². The molecule has 1 aromatic rings. The molecular formula is C16H22N2O3. The molecule has 0 aromatic heterocycles. The quantitative estimate of drug-likeness (QED) is 0.630. The number of carbonyl (C=O) groups excluding carboxylic acids is 1. The Labute approximate surface area is 126 Å². The van der Waals surface area contributed by atoms with Crippen LogP contribution in [0.4, 0.5) is 0 Å². The first-order chi connectivity index (χ1) is 10.1. The van der Waals surface area contributed by atoms with Gasteiger partial charge in [0.1, 0.15) is 5.75 Å². The summed E-state index contributed by atoms with van der Waals surface area (Å²) >= 11 is 0. The number of amides is 1. The van der Waals surface area contributed by atoms with E-state index in [4.69, 9.17) is 15.2 Å². The van der Waals surface area contributed by atoms with Gasteiger partial charge in [-0.25, -0.2) is 0 Å². The summed E-state index contributed by atoms with van der Waals surface area (Å²) in [6, 6.07) is 5.22. The van der Waals surface area contributed by atoms with Gasteiger partial charge in [0.25, 0.3) is 5.91 Å². The lowest BCUT2D eigenvalue weighted by molar-refractivity contribution is 0.0779. The first kappa shape index (κ1) is 17.0. The minimum absolute atomic E-state index is 0.0513. The van der Waals surface area contributed by atoms with Gasteiger partial charge in [-0.05, 0) is 24.6 Å². The highest BCUT2D eigenvalue weighted by atomic mass is 16.5. The number of nitrogens with two attached hydrogens (primary N) is 1. The van der Waals surface area contributed by atoms with Crippen molar-refractivity contribution in [3.63, 3.8) is 0 Å². The Hall–Kier alpha value is -2.03. The Kier molecular flexibility index (Phi) is 7.30. The number of benzene rings is 1. The second-order valence-corrected chi connectivity index (χ2v) is 4.49. The van der Waals surface area contributed by atoms with Gasteiger partial charge in [0, 0.05) is 32.9 Å². The van der Waals surface area contributed by atoms with Crippen LogP contribution in [0, 0.1) is 11.8 Å². The fourth-order valence-electron chi connectivity index (χ4n) is 1.85. The lowest BCUT2D eigenvalue weighted by atomic mass is 10.1. The molecule has 0 unspecified atom stereocenters. The van der Waals surface area contributed by atoms with Crippen molar-refractivity contribution >= 4 is 5.91 Å². The van der Waals surface area contributed by atoms with Gasteiger partial charge in [-0.2, -0.15) is 0 Å². The minimum Gasteiger partial charge on any atom is -0.495 e. The summed E-state index contributed by atoms with van der Waals surface area (Å²) in [6.45, 7) is 1.54. The highest BCUT2D eigenvalue weighted by Crippen LogP contribution is 2.19. The molecule has 1 rings (SSSR count). The molecule has 0 aliphatic rings. The summed E-state index contributed by atoms with van der Waals surface area (Å²) in [7, 11) is 4.99. The normalized spacial score (nSPS) is 9.71. The van der Waals surface area contributed by atoms with Crippen LogP contribution in [0.25, 0.3) is 0 Å². The molecule has 0 radical (unpaired) electrons. The Morgan fingerprint density at radius 1 is 1.38 bits per heavy atom. The lowest BCUT2D eigenvalue weighted by Crippen LogP contribution is -2.28. The number of ether oxygens (including phenoxy) is 2. The largest absolute Gasteiger partial charge is 0.495 e. The van der Waals surface area contributed by atoms with Crippen LogP contribution in [0.3, 0.4) is 0 Å². The first-order valence-corrected chi connectivity index (χ1v) is 6.75. The van der Waals surface area contributed by atoms with Crippen molar-refractivity contribution in [2.45, 2.75) is 6.42 Å². The summed E-state index contributed by atoms with van der Waals surface area (Å²) in [5, 5.41) is 0. The number of carbonyl (C=O) groups is 1. The van der Waals surface area contributed by atoms with Crippen LogP contribution < -0.4 is 10.5 Å². The van der Waals surface area contributed by atoms with E-state index in [1.807, 2.05) is 0 Å². The van der Waals surface area contributed by atoms with Crippen molar-refractivity contribution in [1.29, 1.82) is 0 Å². The van der Waals surface area contributed by atoms with E-state index in [-0.39, 0.29) is 12.5 Å². The zero-order valence-corrected chi connectivity index (χ0v) is 12.8. The number of methoxy groups -OCH3 is 2. The van der Waals surface area contributed by atoms with E-state index in [1.165, 1.54) is 0 Å². The number of nitrogens with zero attached hydrogens (tertiary/aromatic N) is 1. The van der Waals surface area contributed by atoms with Gasteiger partial charge in [0.05, 0.1) is 19.2 Å². The van der Waals surface area contributed by atoms with Gasteiger partial charge in [-0.1, -0.05) is 11.8 Å². The third-order valence-electron chi connectivity index (χ3n) is 2.96. The number of rotatable bonds is 6. The Morgan fingerprint density at radius 3 is 2.76 bits per heavy atom. The molecule has 5 nitrogen and oxygen atoms in total. The Balaban J connectivity index is 2.89. The maximum atomic E-state index is 12.3. The molecular weight excluding hydrogens is 268 g/mol. The molecule has 0 spiro atoms. The van der Waals surface area contributed by atoms with Crippen LogP contribution in [-0.4, -0.2) is 51.8 Å². The van der Waals surface area contributed by atoms with Crippen LogP contribution >= 0.6 is 0 Å². The number of hydrogen-bond donors (Lipinski definition) is 1. The van der Waals surface area contributed by atoms with Crippen molar-refractivity contribution < 1.29 is 14.3 Å². The number of hydrogen-bond acceptors (Lipinski definition) is 4. The summed E-state index contributed by atoms with van der Waals surface area (Å²) in [5.74, 6) is 6.27. The highest BCUT2D eigenvalue weighted by Gasteiger charge is 2.13. The van der Waals surface area contributed by atoms with Crippen molar-refractivity contribution in [2.24, 2.45) is 5.73 Å². The van der Waals surface area contributed by atoms with E-state index in [1.54, 1.807) is 44.4 Å². The monoisotopic (exact) mass is 290 g/mol. The first-order valence-electron chi connectivity index (χ1n) is 6.75. The molecule has 5 heteroatoms. The summed E-state index contributed by atoms with van der Waals surface area (Å²) in [5.41, 5.74) is 6.63. The van der Waals surface area contributed by atoms with E-state index in [0.29, 0.717) is 30.0 Å². The summed E-state index contributed by atoms with van der Waals surface area (Å²) < 4.78 is 10.2.